The highest BCUT2D eigenvalue weighted by molar-refractivity contribution is 6.52. The Kier molecular flexibility index (Phi) is 5.09. The average Bonchev–Trinajstić information content (AvgIpc) is 2.98. The van der Waals surface area contributed by atoms with Gasteiger partial charge in [-0.25, -0.2) is 24.6 Å². The number of carbonyl (C=O) groups excluding carboxylic acids is 3. The van der Waals surface area contributed by atoms with E-state index in [0.29, 0.717) is 43.6 Å². The van der Waals surface area contributed by atoms with Crippen LogP contribution >= 0.6 is 0 Å². The third kappa shape index (κ3) is 3.61. The third-order valence-electron chi connectivity index (χ3n) is 4.93. The second kappa shape index (κ2) is 7.84. The molecule has 2 fully saturated rings. The molecule has 0 atom stereocenters. The number of carbonyl (C=O) groups is 3. The Morgan fingerprint density at radius 2 is 1.59 bits per heavy atom. The molecule has 0 spiro atoms. The first-order chi connectivity index (χ1) is 14.1. The highest BCUT2D eigenvalue weighted by Gasteiger charge is 2.46. The van der Waals surface area contributed by atoms with E-state index in [1.807, 2.05) is 9.80 Å². The van der Waals surface area contributed by atoms with Crippen LogP contribution in [-0.4, -0.2) is 77.6 Å². The van der Waals surface area contributed by atoms with Gasteiger partial charge in [0.15, 0.2) is 0 Å². The van der Waals surface area contributed by atoms with Crippen molar-refractivity contribution in [1.82, 2.24) is 19.8 Å². The van der Waals surface area contributed by atoms with E-state index in [-0.39, 0.29) is 6.67 Å². The van der Waals surface area contributed by atoms with Crippen molar-refractivity contribution in [2.24, 2.45) is 0 Å². The molecule has 1 aromatic carbocycles. The van der Waals surface area contributed by atoms with Gasteiger partial charge in [0.25, 0.3) is 0 Å². The lowest BCUT2D eigenvalue weighted by Gasteiger charge is -2.35. The Bertz CT molecular complexity index is 912. The molecule has 29 heavy (non-hydrogen) atoms. The maximum Gasteiger partial charge on any atom is 0.340 e. The minimum atomic E-state index is -0.850. The lowest BCUT2D eigenvalue weighted by Crippen LogP contribution is -2.51. The molecular weight excluding hydrogens is 376 g/mol. The summed E-state index contributed by atoms with van der Waals surface area (Å²) in [6.45, 7) is 2.63. The molecule has 10 nitrogen and oxygen atoms in total. The molecular formula is C19H20N6O4. The fraction of sp³-hybridized carbons (Fsp3) is 0.316. The predicted octanol–water partition coefficient (Wildman–Crippen LogP) is 0.560. The fourth-order valence-corrected chi connectivity index (χ4v) is 3.33. The summed E-state index contributed by atoms with van der Waals surface area (Å²) in [6, 6.07) is 7.53. The number of anilines is 2. The van der Waals surface area contributed by atoms with Crippen LogP contribution in [0.25, 0.3) is 0 Å². The van der Waals surface area contributed by atoms with E-state index in [1.165, 1.54) is 7.11 Å². The van der Waals surface area contributed by atoms with Crippen LogP contribution < -0.4 is 14.5 Å². The lowest BCUT2D eigenvalue weighted by molar-refractivity contribution is -0.140. The Hall–Kier alpha value is -3.53. The lowest BCUT2D eigenvalue weighted by atomic mass is 10.3. The summed E-state index contributed by atoms with van der Waals surface area (Å²) in [5, 5.41) is 0. The molecule has 0 saturated carbocycles. The summed E-state index contributed by atoms with van der Waals surface area (Å²) >= 11 is 0. The molecule has 4 rings (SSSR count). The number of nitrogens with zero attached hydrogens (tertiary/aromatic N) is 6. The van der Waals surface area contributed by atoms with Gasteiger partial charge in [-0.05, 0) is 30.3 Å². The second-order valence-corrected chi connectivity index (χ2v) is 6.65. The smallest absolute Gasteiger partial charge is 0.340 e. The number of aromatic nitrogens is 2. The Balaban J connectivity index is 1.41. The molecule has 2 saturated heterocycles. The van der Waals surface area contributed by atoms with Crippen molar-refractivity contribution in [2.75, 3.05) is 49.8 Å². The first-order valence-electron chi connectivity index (χ1n) is 9.17. The van der Waals surface area contributed by atoms with Crippen LogP contribution in [0.3, 0.4) is 0 Å². The molecule has 1 aromatic heterocycles. The van der Waals surface area contributed by atoms with Gasteiger partial charge in [0, 0.05) is 38.6 Å². The SMILES string of the molecule is COc1ccc(N2C(=O)C(=O)N(CN3CCN(c4ncccn4)CC3)C2=O)cc1. The van der Waals surface area contributed by atoms with Crippen LogP contribution in [-0.2, 0) is 9.59 Å². The maximum atomic E-state index is 12.8. The first-order valence-corrected chi connectivity index (χ1v) is 9.17. The number of rotatable bonds is 5. The quantitative estimate of drug-likeness (QED) is 0.534. The zero-order chi connectivity index (χ0) is 20.4. The summed E-state index contributed by atoms with van der Waals surface area (Å²) in [4.78, 5) is 51.9. The third-order valence-corrected chi connectivity index (χ3v) is 4.93. The fourth-order valence-electron chi connectivity index (χ4n) is 3.33. The normalized spacial score (nSPS) is 18.0. The number of methoxy groups -OCH3 is 1. The van der Waals surface area contributed by atoms with Gasteiger partial charge in [0.1, 0.15) is 5.75 Å². The summed E-state index contributed by atoms with van der Waals surface area (Å²) in [6.07, 6.45) is 3.38. The van der Waals surface area contributed by atoms with E-state index in [4.69, 9.17) is 4.74 Å². The zero-order valence-electron chi connectivity index (χ0n) is 15.9. The molecule has 2 aliphatic rings. The van der Waals surface area contributed by atoms with Gasteiger partial charge in [-0.15, -0.1) is 0 Å². The van der Waals surface area contributed by atoms with E-state index in [2.05, 4.69) is 9.97 Å². The van der Waals surface area contributed by atoms with Crippen molar-refractivity contribution in [3.63, 3.8) is 0 Å². The van der Waals surface area contributed by atoms with Crippen LogP contribution in [0.4, 0.5) is 16.4 Å². The standard InChI is InChI=1S/C19H20N6O4/c1-29-15-5-3-14(4-6-15)25-17(27)16(26)24(19(25)28)13-22-9-11-23(12-10-22)18-20-7-2-8-21-18/h2-8H,9-13H2,1H3. The number of amides is 4. The van der Waals surface area contributed by atoms with Gasteiger partial charge >= 0.3 is 17.8 Å². The van der Waals surface area contributed by atoms with Crippen LogP contribution in [0.1, 0.15) is 0 Å². The average molecular weight is 396 g/mol. The highest BCUT2D eigenvalue weighted by atomic mass is 16.5. The number of ether oxygens (including phenoxy) is 1. The zero-order valence-corrected chi connectivity index (χ0v) is 15.9. The van der Waals surface area contributed by atoms with Crippen LogP contribution in [0.15, 0.2) is 42.7 Å². The molecule has 0 radical (unpaired) electrons. The molecule has 0 unspecified atom stereocenters. The van der Waals surface area contributed by atoms with E-state index >= 15 is 0 Å². The van der Waals surface area contributed by atoms with Crippen LogP contribution in [0, 0.1) is 0 Å². The molecule has 3 heterocycles. The molecule has 0 aliphatic carbocycles. The molecule has 0 N–H and O–H groups in total. The van der Waals surface area contributed by atoms with Crippen LogP contribution in [0.5, 0.6) is 5.75 Å². The Morgan fingerprint density at radius 1 is 0.931 bits per heavy atom. The number of piperazine rings is 1. The van der Waals surface area contributed by atoms with Gasteiger partial charge in [-0.3, -0.25) is 14.5 Å². The number of imide groups is 2. The molecule has 2 aliphatic heterocycles. The minimum Gasteiger partial charge on any atom is -0.497 e. The van der Waals surface area contributed by atoms with Crippen molar-refractivity contribution in [1.29, 1.82) is 0 Å². The number of urea groups is 1. The van der Waals surface area contributed by atoms with E-state index < -0.39 is 17.8 Å². The minimum absolute atomic E-state index is 0.0690. The molecule has 10 heteroatoms. The van der Waals surface area contributed by atoms with E-state index in [9.17, 15) is 14.4 Å². The maximum absolute atomic E-state index is 12.8. The van der Waals surface area contributed by atoms with Gasteiger partial charge in [0.2, 0.25) is 5.95 Å². The summed E-state index contributed by atoms with van der Waals surface area (Å²) in [5.74, 6) is -0.422. The van der Waals surface area contributed by atoms with Gasteiger partial charge in [-0.2, -0.15) is 0 Å². The predicted molar refractivity (Wildman–Crippen MR) is 103 cm³/mol. The van der Waals surface area contributed by atoms with Gasteiger partial charge in [-0.1, -0.05) is 0 Å². The van der Waals surface area contributed by atoms with Gasteiger partial charge in [0.05, 0.1) is 19.5 Å². The van der Waals surface area contributed by atoms with Crippen molar-refractivity contribution in [3.8, 4) is 5.75 Å². The van der Waals surface area contributed by atoms with Crippen molar-refractivity contribution in [3.05, 3.63) is 42.7 Å². The summed E-state index contributed by atoms with van der Waals surface area (Å²) in [5.41, 5.74) is 0.336. The van der Waals surface area contributed by atoms with Crippen LogP contribution in [0.2, 0.25) is 0 Å². The molecule has 0 bridgehead atoms. The number of benzene rings is 1. The van der Waals surface area contributed by atoms with Crippen molar-refractivity contribution >= 4 is 29.5 Å². The molecule has 4 amide bonds. The Morgan fingerprint density at radius 3 is 2.21 bits per heavy atom. The molecule has 2 aromatic rings. The first kappa shape index (κ1) is 18.8. The summed E-state index contributed by atoms with van der Waals surface area (Å²) < 4.78 is 5.08. The monoisotopic (exact) mass is 396 g/mol. The summed E-state index contributed by atoms with van der Waals surface area (Å²) in [7, 11) is 1.52. The Labute approximate surface area is 167 Å². The van der Waals surface area contributed by atoms with Gasteiger partial charge < -0.3 is 9.64 Å². The number of hydrogen-bond donors (Lipinski definition) is 0. The topological polar surface area (TPSA) is 99.2 Å². The number of hydrogen-bond acceptors (Lipinski definition) is 8. The van der Waals surface area contributed by atoms with Crippen molar-refractivity contribution < 1.29 is 19.1 Å². The van der Waals surface area contributed by atoms with E-state index in [0.717, 1.165) is 9.80 Å². The second-order valence-electron chi connectivity index (χ2n) is 6.65. The molecule has 150 valence electrons. The highest BCUT2D eigenvalue weighted by Crippen LogP contribution is 2.25. The largest absolute Gasteiger partial charge is 0.497 e. The van der Waals surface area contributed by atoms with E-state index in [1.54, 1.807) is 42.7 Å². The van der Waals surface area contributed by atoms with Crippen molar-refractivity contribution in [2.45, 2.75) is 0 Å².